The van der Waals surface area contributed by atoms with Crippen LogP contribution in [0.15, 0.2) is 24.3 Å². The lowest BCUT2D eigenvalue weighted by molar-refractivity contribution is 0.0903. The molecule has 1 N–H and O–H groups in total. The highest BCUT2D eigenvalue weighted by Gasteiger charge is 2.29. The van der Waals surface area contributed by atoms with Crippen molar-refractivity contribution in [2.24, 2.45) is 11.8 Å². The summed E-state index contributed by atoms with van der Waals surface area (Å²) < 4.78 is 11.1. The molecule has 1 fully saturated rings. The van der Waals surface area contributed by atoms with Crippen LogP contribution in [0.4, 0.5) is 0 Å². The molecule has 1 heterocycles. The average molecular weight is 277 g/mol. The molecule has 2 atom stereocenters. The first-order valence-corrected chi connectivity index (χ1v) is 7.60. The van der Waals surface area contributed by atoms with E-state index in [1.165, 1.54) is 11.1 Å². The van der Waals surface area contributed by atoms with Crippen LogP contribution in [-0.2, 0) is 16.1 Å². The van der Waals surface area contributed by atoms with Crippen molar-refractivity contribution >= 4 is 0 Å². The van der Waals surface area contributed by atoms with E-state index in [1.807, 2.05) is 0 Å². The lowest BCUT2D eigenvalue weighted by Gasteiger charge is -2.20. The molecule has 3 heteroatoms. The van der Waals surface area contributed by atoms with Crippen LogP contribution in [0.2, 0.25) is 0 Å². The minimum Gasteiger partial charge on any atom is -0.380 e. The normalized spacial score (nSPS) is 22.6. The number of hydrogen-bond donors (Lipinski definition) is 1. The zero-order valence-corrected chi connectivity index (χ0v) is 12.9. The van der Waals surface area contributed by atoms with Crippen molar-refractivity contribution in [2.45, 2.75) is 33.0 Å². The number of nitrogens with one attached hydrogen (secondary N) is 1. The molecule has 0 bridgehead atoms. The van der Waals surface area contributed by atoms with Gasteiger partial charge in [0.05, 0.1) is 12.7 Å². The van der Waals surface area contributed by atoms with E-state index in [1.54, 1.807) is 7.11 Å². The Morgan fingerprint density at radius 3 is 2.70 bits per heavy atom. The van der Waals surface area contributed by atoms with Gasteiger partial charge in [0.2, 0.25) is 0 Å². The Bertz CT molecular complexity index is 388. The summed E-state index contributed by atoms with van der Waals surface area (Å²) >= 11 is 0. The Hall–Kier alpha value is -0.900. The van der Waals surface area contributed by atoms with Crippen molar-refractivity contribution < 1.29 is 9.47 Å². The highest BCUT2D eigenvalue weighted by molar-refractivity contribution is 5.25. The third-order valence-corrected chi connectivity index (χ3v) is 3.79. The topological polar surface area (TPSA) is 30.5 Å². The Morgan fingerprint density at radius 2 is 2.05 bits per heavy atom. The molecule has 0 aliphatic carbocycles. The maximum Gasteiger partial charge on any atom is 0.0866 e. The van der Waals surface area contributed by atoms with Crippen molar-refractivity contribution in [3.63, 3.8) is 0 Å². The lowest BCUT2D eigenvalue weighted by Crippen LogP contribution is -2.27. The molecule has 1 aromatic rings. The number of hydrogen-bond acceptors (Lipinski definition) is 3. The summed E-state index contributed by atoms with van der Waals surface area (Å²) in [6, 6.07) is 8.64. The molecule has 112 valence electrons. The van der Waals surface area contributed by atoms with Crippen molar-refractivity contribution in [2.75, 3.05) is 26.8 Å². The third kappa shape index (κ3) is 4.30. The van der Waals surface area contributed by atoms with Crippen LogP contribution >= 0.6 is 0 Å². The van der Waals surface area contributed by atoms with Gasteiger partial charge in [0, 0.05) is 26.2 Å². The Kier molecular flexibility index (Phi) is 6.02. The standard InChI is InChI=1S/C17H27NO2/c1-13(2)10-18-11-16-8-9-20-17(16)15-6-4-14(5-7-15)12-19-3/h4-7,13,16-18H,8-12H2,1-3H3. The van der Waals surface area contributed by atoms with Crippen molar-refractivity contribution in [1.82, 2.24) is 5.32 Å². The molecule has 2 unspecified atom stereocenters. The molecule has 3 nitrogen and oxygen atoms in total. The van der Waals surface area contributed by atoms with Crippen LogP contribution < -0.4 is 5.32 Å². The molecule has 1 saturated heterocycles. The number of benzene rings is 1. The Balaban J connectivity index is 1.92. The summed E-state index contributed by atoms with van der Waals surface area (Å²) in [5, 5.41) is 3.56. The molecular weight excluding hydrogens is 250 g/mol. The first kappa shape index (κ1) is 15.5. The predicted molar refractivity (Wildman–Crippen MR) is 81.7 cm³/mol. The van der Waals surface area contributed by atoms with Gasteiger partial charge in [-0.25, -0.2) is 0 Å². The first-order valence-electron chi connectivity index (χ1n) is 7.60. The fourth-order valence-corrected chi connectivity index (χ4v) is 2.74. The summed E-state index contributed by atoms with van der Waals surface area (Å²) in [5.74, 6) is 1.28. The summed E-state index contributed by atoms with van der Waals surface area (Å²) in [4.78, 5) is 0. The molecule has 1 aromatic carbocycles. The molecule has 1 aliphatic heterocycles. The minimum atomic E-state index is 0.242. The summed E-state index contributed by atoms with van der Waals surface area (Å²) in [5.41, 5.74) is 2.50. The predicted octanol–water partition coefficient (Wildman–Crippen LogP) is 3.16. The van der Waals surface area contributed by atoms with Crippen LogP contribution in [-0.4, -0.2) is 26.8 Å². The number of methoxy groups -OCH3 is 1. The highest BCUT2D eigenvalue weighted by Crippen LogP contribution is 2.34. The SMILES string of the molecule is COCc1ccc(C2OCCC2CNCC(C)C)cc1. The fraction of sp³-hybridized carbons (Fsp3) is 0.647. The van der Waals surface area contributed by atoms with E-state index in [9.17, 15) is 0 Å². The monoisotopic (exact) mass is 277 g/mol. The smallest absolute Gasteiger partial charge is 0.0866 e. The van der Waals surface area contributed by atoms with Gasteiger partial charge in [-0.15, -0.1) is 0 Å². The number of ether oxygens (including phenoxy) is 2. The highest BCUT2D eigenvalue weighted by atomic mass is 16.5. The molecule has 1 aliphatic rings. The van der Waals surface area contributed by atoms with Gasteiger partial charge in [-0.05, 0) is 30.0 Å². The van der Waals surface area contributed by atoms with Crippen LogP contribution in [0.5, 0.6) is 0 Å². The van der Waals surface area contributed by atoms with Gasteiger partial charge in [-0.3, -0.25) is 0 Å². The van der Waals surface area contributed by atoms with E-state index in [0.717, 1.165) is 26.1 Å². The van der Waals surface area contributed by atoms with Gasteiger partial charge in [0.15, 0.2) is 0 Å². The second-order valence-electron chi connectivity index (χ2n) is 6.07. The fourth-order valence-electron chi connectivity index (χ4n) is 2.74. The molecule has 0 amide bonds. The average Bonchev–Trinajstić information content (AvgIpc) is 2.88. The summed E-state index contributed by atoms with van der Waals surface area (Å²) in [6.45, 7) is 8.15. The maximum atomic E-state index is 5.94. The Labute approximate surface area is 122 Å². The zero-order valence-electron chi connectivity index (χ0n) is 12.9. The molecule has 0 radical (unpaired) electrons. The lowest BCUT2D eigenvalue weighted by atomic mass is 9.94. The van der Waals surface area contributed by atoms with Crippen molar-refractivity contribution in [3.8, 4) is 0 Å². The molecule has 20 heavy (non-hydrogen) atoms. The van der Waals surface area contributed by atoms with Crippen molar-refractivity contribution in [1.29, 1.82) is 0 Å². The van der Waals surface area contributed by atoms with Crippen LogP contribution in [0.25, 0.3) is 0 Å². The van der Waals surface area contributed by atoms with Gasteiger partial charge in [-0.1, -0.05) is 38.1 Å². The van der Waals surface area contributed by atoms with E-state index in [2.05, 4.69) is 43.4 Å². The van der Waals surface area contributed by atoms with Gasteiger partial charge in [0.1, 0.15) is 0 Å². The largest absolute Gasteiger partial charge is 0.380 e. The van der Waals surface area contributed by atoms with Crippen LogP contribution in [0.1, 0.15) is 37.5 Å². The van der Waals surface area contributed by atoms with Gasteiger partial charge in [0.25, 0.3) is 0 Å². The molecular formula is C17H27NO2. The van der Waals surface area contributed by atoms with E-state index in [0.29, 0.717) is 18.4 Å². The zero-order chi connectivity index (χ0) is 14.4. The molecule has 0 saturated carbocycles. The minimum absolute atomic E-state index is 0.242. The van der Waals surface area contributed by atoms with Gasteiger partial charge < -0.3 is 14.8 Å². The van der Waals surface area contributed by atoms with Gasteiger partial charge >= 0.3 is 0 Å². The summed E-state index contributed by atoms with van der Waals surface area (Å²) in [6.07, 6.45) is 1.39. The quantitative estimate of drug-likeness (QED) is 0.830. The molecule has 0 aromatic heterocycles. The van der Waals surface area contributed by atoms with Crippen LogP contribution in [0.3, 0.4) is 0 Å². The van der Waals surface area contributed by atoms with Crippen LogP contribution in [0, 0.1) is 11.8 Å². The van der Waals surface area contributed by atoms with E-state index < -0.39 is 0 Å². The molecule has 2 rings (SSSR count). The van der Waals surface area contributed by atoms with Gasteiger partial charge in [-0.2, -0.15) is 0 Å². The second-order valence-corrected chi connectivity index (χ2v) is 6.07. The van der Waals surface area contributed by atoms with Crippen molar-refractivity contribution in [3.05, 3.63) is 35.4 Å². The van der Waals surface area contributed by atoms with E-state index in [-0.39, 0.29) is 6.10 Å². The Morgan fingerprint density at radius 1 is 1.30 bits per heavy atom. The van der Waals surface area contributed by atoms with E-state index >= 15 is 0 Å². The second kappa shape index (κ2) is 7.77. The maximum absolute atomic E-state index is 5.94. The molecule has 0 spiro atoms. The van der Waals surface area contributed by atoms with E-state index in [4.69, 9.17) is 9.47 Å². The third-order valence-electron chi connectivity index (χ3n) is 3.79. The summed E-state index contributed by atoms with van der Waals surface area (Å²) in [7, 11) is 1.73. The first-order chi connectivity index (χ1) is 9.70. The number of rotatable bonds is 7.